The van der Waals surface area contributed by atoms with Crippen LogP contribution in [0.25, 0.3) is 21.8 Å². The summed E-state index contributed by atoms with van der Waals surface area (Å²) in [5.41, 5.74) is 43.7. The third-order valence-corrected chi connectivity index (χ3v) is 20.3. The van der Waals surface area contributed by atoms with Gasteiger partial charge in [0.05, 0.1) is 6.04 Å². The number of para-hydroxylation sites is 2. The molecule has 0 unspecified atom stereocenters. The number of benzene rings is 2. The van der Waals surface area contributed by atoms with Crippen molar-refractivity contribution >= 4 is 111 Å². The van der Waals surface area contributed by atoms with Crippen molar-refractivity contribution in [3.05, 3.63) is 72.1 Å². The number of guanidine groups is 2. The largest absolute Gasteiger partial charge is 0.480 e. The average molecular weight is 1710 g/mol. The van der Waals surface area contributed by atoms with E-state index in [1.54, 1.807) is 26.2 Å². The summed E-state index contributed by atoms with van der Waals surface area (Å²) >= 11 is 0. The molecule has 0 radical (unpaired) electrons. The number of carboxylic acid groups (broad SMARTS) is 1. The van der Waals surface area contributed by atoms with E-state index < -0.39 is 155 Å². The van der Waals surface area contributed by atoms with E-state index in [0.29, 0.717) is 31.2 Å². The second kappa shape index (κ2) is 53.1. The van der Waals surface area contributed by atoms with Crippen molar-refractivity contribution in [1.29, 1.82) is 0 Å². The number of nitrogens with two attached hydrogens (primary N) is 7. The van der Waals surface area contributed by atoms with Crippen molar-refractivity contribution < 1.29 is 67.4 Å². The second-order valence-corrected chi connectivity index (χ2v) is 34.2. The van der Waals surface area contributed by atoms with E-state index in [-0.39, 0.29) is 163 Å². The Morgan fingerprint density at radius 1 is 0.328 bits per heavy atom. The number of amides is 12. The Bertz CT molecular complexity index is 4110. The maximum Gasteiger partial charge on any atom is 0.326 e. The van der Waals surface area contributed by atoms with Gasteiger partial charge in [0.25, 0.3) is 0 Å². The number of carboxylic acids is 1. The third-order valence-electron chi connectivity index (χ3n) is 20.3. The number of rotatable bonds is 57. The first-order chi connectivity index (χ1) is 57.6. The number of hydrogen-bond donors (Lipinski definition) is 22. The van der Waals surface area contributed by atoms with Gasteiger partial charge in [0.15, 0.2) is 11.9 Å². The molecule has 2 aromatic heterocycles. The van der Waals surface area contributed by atoms with Gasteiger partial charge in [-0.25, -0.2) is 4.79 Å². The SMILES string of the molecule is CC(C)C[C@H](NC(=O)[C@H](C)NC(=O)[C@H](CC(C)C)NC(=O)[C@H](CCCCN)NC(=O)[C@H](CC(C)C)NC(=O)[C@H](CC(C)C)NC(=O)[C@H](CCCN=C(N)N)NC(=O)[C@@H](N)Cc1c[nH]c2ccccc12)C(=O)N[C@@H](CCCN=C(N)N)C(=O)N[C@@H](CC(C)C)C(=O)N[C@@H](CC(C)C)C(=O)N[C@@H](CCCCN)C(=O)N[C@@H](Cc1c[nH]c2ccccc12)C(=O)O. The van der Waals surface area contributed by atoms with Gasteiger partial charge in [-0.05, 0) is 188 Å². The van der Waals surface area contributed by atoms with Gasteiger partial charge in [-0.2, -0.15) is 0 Å². The standard InChI is InChI=1S/C85H141N23O14/c1-46(2)36-64(103-73(111)60(28-18-20-32-86)99-79(117)66(38-48(5)6)106-81(119)68(40-50(9)10)104-74(112)62(30-22-34-93-84(89)90)98-72(110)57(88)42-53-44-95-58-26-16-14-24-55(53)58)77(115)97-52(13)71(109)102-65(37-47(3)4)78(116)101-63(31-23-35-94-85(91)92)75(113)105-69(41-51(11)12)82(120)107-67(39-49(7)8)80(118)100-61(29-19-21-33-87)76(114)108-70(83(121)122)43-54-45-96-59-27-17-15-25-56(54)59/h14-17,24-27,44-52,57,60-70,95-96H,18-23,28-43,86-88H2,1-13H3,(H,97,115)(H,98,110)(H,99,117)(H,100,118)(H,101,116)(H,102,109)(H,103,111)(H,104,112)(H,105,113)(H,106,119)(H,107,120)(H,108,114)(H,121,122)(H4,89,90,93)(H4,91,92,94)/t52-,57-,60-,61-,62-,63-,64-,65-,66-,67-,68-,69-,70-/m0/s1. The van der Waals surface area contributed by atoms with Crippen molar-refractivity contribution in [3.8, 4) is 0 Å². The molecule has 0 bridgehead atoms. The second-order valence-electron chi connectivity index (χ2n) is 34.2. The molecular formula is C85H141N23O14. The van der Waals surface area contributed by atoms with Crippen LogP contribution in [0.1, 0.15) is 204 Å². The van der Waals surface area contributed by atoms with Gasteiger partial charge in [0, 0.05) is 53.7 Å². The third kappa shape index (κ3) is 37.2. The Labute approximate surface area is 716 Å². The van der Waals surface area contributed by atoms with Gasteiger partial charge in [-0.3, -0.25) is 67.5 Å². The van der Waals surface area contributed by atoms with Crippen LogP contribution in [-0.4, -0.2) is 209 Å². The van der Waals surface area contributed by atoms with E-state index in [2.05, 4.69) is 83.8 Å². The topological polar surface area (TPSA) is 625 Å². The molecule has 29 N–H and O–H groups in total. The number of nitrogens with one attached hydrogen (secondary N) is 14. The maximum absolute atomic E-state index is 14.7. The van der Waals surface area contributed by atoms with Gasteiger partial charge in [0.2, 0.25) is 70.9 Å². The molecule has 4 aromatic rings. The lowest BCUT2D eigenvalue weighted by Crippen LogP contribution is -2.61. The van der Waals surface area contributed by atoms with E-state index in [0.717, 1.165) is 27.4 Å². The zero-order valence-electron chi connectivity index (χ0n) is 73.5. The van der Waals surface area contributed by atoms with Gasteiger partial charge < -0.3 is 119 Å². The fraction of sp³-hybridized carbons (Fsp3) is 0.635. The van der Waals surface area contributed by atoms with Crippen molar-refractivity contribution in [2.75, 3.05) is 26.2 Å². The van der Waals surface area contributed by atoms with E-state index in [9.17, 15) is 67.4 Å². The predicted octanol–water partition coefficient (Wildman–Crippen LogP) is 1.33. The molecule has 0 saturated heterocycles. The zero-order chi connectivity index (χ0) is 91.0. The lowest BCUT2D eigenvalue weighted by atomic mass is 9.98. The number of aromatic nitrogens is 2. The molecular weight excluding hydrogens is 1570 g/mol. The lowest BCUT2D eigenvalue weighted by molar-refractivity contribution is -0.142. The summed E-state index contributed by atoms with van der Waals surface area (Å²) in [5, 5.41) is 45.1. The lowest BCUT2D eigenvalue weighted by Gasteiger charge is -2.29. The highest BCUT2D eigenvalue weighted by atomic mass is 16.4. The van der Waals surface area contributed by atoms with Crippen LogP contribution in [0.15, 0.2) is 70.9 Å². The molecule has 680 valence electrons. The maximum atomic E-state index is 14.7. The summed E-state index contributed by atoms with van der Waals surface area (Å²) in [6.45, 7) is 23.8. The normalized spacial score (nSPS) is 14.7. The van der Waals surface area contributed by atoms with Crippen LogP contribution < -0.4 is 104 Å². The molecule has 2 aromatic carbocycles. The number of hydrogen-bond acceptors (Lipinski definition) is 18. The van der Waals surface area contributed by atoms with E-state index >= 15 is 0 Å². The number of carbonyl (C=O) groups excluding carboxylic acids is 12. The Morgan fingerprint density at radius 2 is 0.582 bits per heavy atom. The van der Waals surface area contributed by atoms with Crippen molar-refractivity contribution in [2.45, 2.75) is 284 Å². The molecule has 2 heterocycles. The molecule has 12 amide bonds. The summed E-state index contributed by atoms with van der Waals surface area (Å²) in [7, 11) is 0. The molecule has 0 aliphatic carbocycles. The minimum atomic E-state index is -1.39. The number of unbranched alkanes of at least 4 members (excludes halogenated alkanes) is 2. The predicted molar refractivity (Wildman–Crippen MR) is 471 cm³/mol. The molecule has 13 atom stereocenters. The Morgan fingerprint density at radius 3 is 0.877 bits per heavy atom. The molecule has 0 aliphatic heterocycles. The van der Waals surface area contributed by atoms with Crippen LogP contribution in [0.2, 0.25) is 0 Å². The quantitative estimate of drug-likeness (QED) is 0.0168. The van der Waals surface area contributed by atoms with Gasteiger partial charge >= 0.3 is 5.97 Å². The highest BCUT2D eigenvalue weighted by Crippen LogP contribution is 2.23. The van der Waals surface area contributed by atoms with Crippen molar-refractivity contribution in [2.24, 2.45) is 85.6 Å². The molecule has 37 heteroatoms. The number of aromatic amines is 2. The van der Waals surface area contributed by atoms with Crippen LogP contribution in [-0.2, 0) is 75.2 Å². The molecule has 0 fully saturated rings. The Kier molecular flexibility index (Phi) is 45.0. The van der Waals surface area contributed by atoms with Gasteiger partial charge in [-0.1, -0.05) is 119 Å². The van der Waals surface area contributed by atoms with E-state index in [4.69, 9.17) is 40.1 Å². The molecule has 0 aliphatic rings. The first kappa shape index (κ1) is 103. The molecule has 0 saturated carbocycles. The summed E-state index contributed by atoms with van der Waals surface area (Å²) in [6.07, 6.45) is 5.97. The first-order valence-electron chi connectivity index (χ1n) is 42.8. The summed E-state index contributed by atoms with van der Waals surface area (Å²) < 4.78 is 0. The molecule has 4 rings (SSSR count). The van der Waals surface area contributed by atoms with Gasteiger partial charge in [0.1, 0.15) is 72.5 Å². The van der Waals surface area contributed by atoms with Crippen LogP contribution >= 0.6 is 0 Å². The average Bonchev–Trinajstić information content (AvgIpc) is 1.70. The van der Waals surface area contributed by atoms with Crippen LogP contribution in [0, 0.1) is 35.5 Å². The summed E-state index contributed by atoms with van der Waals surface area (Å²) in [4.78, 5) is 201. The monoisotopic (exact) mass is 1710 g/mol. The first-order valence-corrected chi connectivity index (χ1v) is 42.8. The fourth-order valence-corrected chi connectivity index (χ4v) is 14.0. The van der Waals surface area contributed by atoms with E-state index in [1.807, 2.05) is 118 Å². The number of aliphatic carboxylic acids is 1. The number of carbonyl (C=O) groups is 13. The Hall–Kier alpha value is -11.0. The molecule has 122 heavy (non-hydrogen) atoms. The van der Waals surface area contributed by atoms with Crippen LogP contribution in [0.3, 0.4) is 0 Å². The number of nitrogens with zero attached hydrogens (tertiary/aromatic N) is 2. The summed E-state index contributed by atoms with van der Waals surface area (Å²) in [5.74, 6) is -12.1. The highest BCUT2D eigenvalue weighted by molar-refractivity contribution is 6.00. The minimum absolute atomic E-state index is 0.0212. The van der Waals surface area contributed by atoms with E-state index in [1.165, 1.54) is 6.92 Å². The fourth-order valence-electron chi connectivity index (χ4n) is 14.0. The minimum Gasteiger partial charge on any atom is -0.480 e. The Balaban J connectivity index is 1.54. The smallest absolute Gasteiger partial charge is 0.326 e. The molecule has 37 nitrogen and oxygen atoms in total. The number of aliphatic imine (C=N–C) groups is 2. The summed E-state index contributed by atoms with van der Waals surface area (Å²) in [6, 6.07) is -1.84. The highest BCUT2D eigenvalue weighted by Gasteiger charge is 2.38. The van der Waals surface area contributed by atoms with Crippen LogP contribution in [0.4, 0.5) is 0 Å². The van der Waals surface area contributed by atoms with Crippen molar-refractivity contribution in [1.82, 2.24) is 73.8 Å². The molecule has 0 spiro atoms. The van der Waals surface area contributed by atoms with Crippen LogP contribution in [0.5, 0.6) is 0 Å². The van der Waals surface area contributed by atoms with Gasteiger partial charge in [-0.15, -0.1) is 0 Å². The number of H-pyrrole nitrogens is 2. The number of fused-ring (bicyclic) bond motifs is 2. The zero-order valence-corrected chi connectivity index (χ0v) is 73.5. The van der Waals surface area contributed by atoms with Crippen molar-refractivity contribution in [3.63, 3.8) is 0 Å².